The Balaban J connectivity index is 1.84. The van der Waals surface area contributed by atoms with Gasteiger partial charge in [-0.3, -0.25) is 4.98 Å². The highest BCUT2D eigenvalue weighted by Crippen LogP contribution is 2.40. The van der Waals surface area contributed by atoms with Crippen LogP contribution in [0.15, 0.2) is 47.7 Å². The summed E-state index contributed by atoms with van der Waals surface area (Å²) in [6, 6.07) is 9.85. The average Bonchev–Trinajstić information content (AvgIpc) is 3.05. The van der Waals surface area contributed by atoms with Crippen molar-refractivity contribution < 1.29 is 22.0 Å². The van der Waals surface area contributed by atoms with Crippen molar-refractivity contribution in [3.63, 3.8) is 0 Å². The van der Waals surface area contributed by atoms with E-state index in [0.717, 1.165) is 16.8 Å². The fourth-order valence-electron chi connectivity index (χ4n) is 2.71. The molecule has 0 spiro atoms. The molecular weight excluding hydrogens is 341 g/mol. The van der Waals surface area contributed by atoms with Crippen molar-refractivity contribution in [2.75, 3.05) is 0 Å². The molecule has 0 saturated heterocycles. The molecule has 0 bridgehead atoms. The van der Waals surface area contributed by atoms with E-state index in [9.17, 15) is 22.0 Å². The van der Waals surface area contributed by atoms with Crippen LogP contribution in [0.3, 0.4) is 0 Å². The van der Waals surface area contributed by atoms with Crippen molar-refractivity contribution in [1.29, 1.82) is 0 Å². The van der Waals surface area contributed by atoms with Crippen LogP contribution in [0.25, 0.3) is 11.1 Å². The molecule has 0 fully saturated rings. The number of hydrazone groups is 1. The second kappa shape index (κ2) is 6.09. The quantitative estimate of drug-likeness (QED) is 0.814. The van der Waals surface area contributed by atoms with Gasteiger partial charge in [-0.15, -0.1) is 0 Å². The molecule has 2 aromatic rings. The Hall–Kier alpha value is -2.51. The minimum absolute atomic E-state index is 0.512. The molecule has 1 atom stereocenters. The van der Waals surface area contributed by atoms with Crippen molar-refractivity contribution in [3.8, 4) is 11.1 Å². The van der Waals surface area contributed by atoms with E-state index in [1.54, 1.807) is 30.5 Å². The van der Waals surface area contributed by atoms with Gasteiger partial charge in [0.25, 0.3) is 0 Å². The van der Waals surface area contributed by atoms with E-state index in [1.807, 2.05) is 19.1 Å². The summed E-state index contributed by atoms with van der Waals surface area (Å²) < 4.78 is 64.3. The fourth-order valence-corrected chi connectivity index (χ4v) is 2.71. The first-order chi connectivity index (χ1) is 11.7. The number of nitrogens with zero attached hydrogens (tertiary/aromatic N) is 2. The highest BCUT2D eigenvalue weighted by atomic mass is 19.4. The summed E-state index contributed by atoms with van der Waals surface area (Å²) >= 11 is 0. The lowest BCUT2D eigenvalue weighted by Crippen LogP contribution is -2.43. The fraction of sp³-hybridized carbons (Fsp3) is 0.294. The first kappa shape index (κ1) is 17.3. The zero-order valence-electron chi connectivity index (χ0n) is 13.1. The number of hydrogen-bond donors (Lipinski definition) is 1. The van der Waals surface area contributed by atoms with Gasteiger partial charge in [0.2, 0.25) is 0 Å². The lowest BCUT2D eigenvalue weighted by molar-refractivity contribution is -0.249. The normalized spacial score (nSPS) is 18.0. The van der Waals surface area contributed by atoms with Gasteiger partial charge in [-0.05, 0) is 30.2 Å². The summed E-state index contributed by atoms with van der Waals surface area (Å²) in [7, 11) is 0. The zero-order valence-corrected chi connectivity index (χ0v) is 13.1. The SMILES string of the molecule is Cc1ncccc1-c1cccc(C2CC(C(F)(F)C(F)(F)F)=NN2)c1. The molecule has 0 saturated carbocycles. The minimum atomic E-state index is -5.66. The number of halogens is 5. The first-order valence-corrected chi connectivity index (χ1v) is 7.49. The molecule has 0 radical (unpaired) electrons. The summed E-state index contributed by atoms with van der Waals surface area (Å²) in [5.74, 6) is -4.94. The molecule has 0 amide bonds. The summed E-state index contributed by atoms with van der Waals surface area (Å²) in [5.41, 5.74) is 4.23. The summed E-state index contributed by atoms with van der Waals surface area (Å²) in [6.45, 7) is 1.83. The molecule has 1 aliphatic rings. The molecule has 2 heterocycles. The molecule has 3 rings (SSSR count). The molecule has 1 aromatic heterocycles. The van der Waals surface area contributed by atoms with E-state index in [2.05, 4.69) is 15.5 Å². The Morgan fingerprint density at radius 2 is 1.84 bits per heavy atom. The lowest BCUT2D eigenvalue weighted by atomic mass is 9.96. The largest absolute Gasteiger partial charge is 0.459 e. The van der Waals surface area contributed by atoms with Crippen LogP contribution in [0, 0.1) is 6.92 Å². The van der Waals surface area contributed by atoms with Crippen LogP contribution in [-0.2, 0) is 0 Å². The van der Waals surface area contributed by atoms with Crippen molar-refractivity contribution in [2.24, 2.45) is 5.10 Å². The molecular formula is C17H14F5N3. The maximum absolute atomic E-state index is 13.4. The highest BCUT2D eigenvalue weighted by molar-refractivity contribution is 5.93. The van der Waals surface area contributed by atoms with Gasteiger partial charge < -0.3 is 5.43 Å². The number of pyridine rings is 1. The monoisotopic (exact) mass is 355 g/mol. The van der Waals surface area contributed by atoms with Crippen molar-refractivity contribution in [2.45, 2.75) is 31.5 Å². The van der Waals surface area contributed by atoms with Gasteiger partial charge >= 0.3 is 12.1 Å². The van der Waals surface area contributed by atoms with E-state index >= 15 is 0 Å². The van der Waals surface area contributed by atoms with Gasteiger partial charge in [-0.2, -0.15) is 27.1 Å². The number of benzene rings is 1. The predicted octanol–water partition coefficient (Wildman–Crippen LogP) is 4.65. The van der Waals surface area contributed by atoms with Crippen molar-refractivity contribution in [1.82, 2.24) is 10.4 Å². The van der Waals surface area contributed by atoms with Gasteiger partial charge in [-0.25, -0.2) is 0 Å². The molecule has 1 unspecified atom stereocenters. The maximum Gasteiger partial charge on any atom is 0.459 e. The minimum Gasteiger partial charge on any atom is -0.302 e. The van der Waals surface area contributed by atoms with Crippen molar-refractivity contribution >= 4 is 5.71 Å². The Labute approximate surface area is 140 Å². The molecule has 1 aliphatic heterocycles. The third-order valence-electron chi connectivity index (χ3n) is 4.08. The maximum atomic E-state index is 13.4. The molecule has 25 heavy (non-hydrogen) atoms. The van der Waals surface area contributed by atoms with Gasteiger partial charge in [0.05, 0.1) is 6.04 Å². The van der Waals surface area contributed by atoms with Crippen LogP contribution in [0.2, 0.25) is 0 Å². The lowest BCUT2D eigenvalue weighted by Gasteiger charge is -2.19. The number of nitrogens with one attached hydrogen (secondary N) is 1. The van der Waals surface area contributed by atoms with Crippen LogP contribution in [0.5, 0.6) is 0 Å². The second-order valence-electron chi connectivity index (χ2n) is 5.78. The summed E-state index contributed by atoms with van der Waals surface area (Å²) in [6.07, 6.45) is -4.51. The van der Waals surface area contributed by atoms with E-state index < -0.39 is 30.3 Å². The van der Waals surface area contributed by atoms with Gasteiger partial charge in [0, 0.05) is 23.9 Å². The Bertz CT molecular complexity index is 814. The standard InChI is InChI=1S/C17H14F5N3/c1-10-13(6-3-7-23-10)11-4-2-5-12(8-11)14-9-15(25-24-14)16(18,19)17(20,21)22/h2-8,14,24H,9H2,1H3. The average molecular weight is 355 g/mol. The third-order valence-corrected chi connectivity index (χ3v) is 4.08. The van der Waals surface area contributed by atoms with Crippen LogP contribution in [0.1, 0.15) is 23.7 Å². The molecule has 0 aliphatic carbocycles. The van der Waals surface area contributed by atoms with Gasteiger partial charge in [0.15, 0.2) is 0 Å². The third kappa shape index (κ3) is 3.20. The number of aryl methyl sites for hydroxylation is 1. The molecule has 1 N–H and O–H groups in total. The smallest absolute Gasteiger partial charge is 0.302 e. The van der Waals surface area contributed by atoms with E-state index in [1.165, 1.54) is 0 Å². The summed E-state index contributed by atoms with van der Waals surface area (Å²) in [5, 5.41) is 3.24. The number of alkyl halides is 5. The van der Waals surface area contributed by atoms with Crippen LogP contribution < -0.4 is 5.43 Å². The molecule has 3 nitrogen and oxygen atoms in total. The highest BCUT2D eigenvalue weighted by Gasteiger charge is 2.62. The van der Waals surface area contributed by atoms with Crippen molar-refractivity contribution in [3.05, 3.63) is 53.9 Å². The number of hydrogen-bond acceptors (Lipinski definition) is 3. The van der Waals surface area contributed by atoms with Gasteiger partial charge in [0.1, 0.15) is 5.71 Å². The Morgan fingerprint density at radius 1 is 1.08 bits per heavy atom. The first-order valence-electron chi connectivity index (χ1n) is 7.49. The Morgan fingerprint density at radius 3 is 2.52 bits per heavy atom. The Kier molecular flexibility index (Phi) is 4.22. The molecule has 8 heteroatoms. The van der Waals surface area contributed by atoms with Crippen LogP contribution in [-0.4, -0.2) is 22.8 Å². The van der Waals surface area contributed by atoms with Gasteiger partial charge in [-0.1, -0.05) is 24.3 Å². The van der Waals surface area contributed by atoms with E-state index in [0.29, 0.717) is 5.56 Å². The van der Waals surface area contributed by atoms with E-state index in [4.69, 9.17) is 0 Å². The topological polar surface area (TPSA) is 37.3 Å². The van der Waals surface area contributed by atoms with Crippen LogP contribution >= 0.6 is 0 Å². The number of aromatic nitrogens is 1. The molecule has 132 valence electrons. The number of rotatable bonds is 3. The molecule has 1 aromatic carbocycles. The van der Waals surface area contributed by atoms with E-state index in [-0.39, 0.29) is 0 Å². The van der Waals surface area contributed by atoms with Crippen LogP contribution in [0.4, 0.5) is 22.0 Å². The predicted molar refractivity (Wildman–Crippen MR) is 83.3 cm³/mol. The summed E-state index contributed by atoms with van der Waals surface area (Å²) in [4.78, 5) is 4.19. The second-order valence-corrected chi connectivity index (χ2v) is 5.78. The zero-order chi connectivity index (χ0) is 18.2.